The zero-order valence-electron chi connectivity index (χ0n) is 18.5. The summed E-state index contributed by atoms with van der Waals surface area (Å²) >= 11 is 0. The third-order valence-electron chi connectivity index (χ3n) is 6.45. The van der Waals surface area contributed by atoms with Crippen LogP contribution in [0.2, 0.25) is 0 Å². The summed E-state index contributed by atoms with van der Waals surface area (Å²) in [7, 11) is 1.43. The number of nitrogens with one attached hydrogen (secondary N) is 2. The molecule has 3 unspecified atom stereocenters. The van der Waals surface area contributed by atoms with Crippen molar-refractivity contribution in [1.29, 1.82) is 0 Å². The number of carbonyl (C=O) groups is 3. The fraction of sp³-hybridized carbons (Fsp3) is 0.400. The van der Waals surface area contributed by atoms with Gasteiger partial charge in [0.2, 0.25) is 5.91 Å². The first-order valence-corrected chi connectivity index (χ1v) is 11.1. The van der Waals surface area contributed by atoms with Gasteiger partial charge < -0.3 is 25.2 Å². The van der Waals surface area contributed by atoms with Crippen LogP contribution in [0.15, 0.2) is 48.5 Å². The molecule has 3 N–H and O–H groups in total. The smallest absolute Gasteiger partial charge is 0.407 e. The second-order valence-corrected chi connectivity index (χ2v) is 8.47. The van der Waals surface area contributed by atoms with Crippen molar-refractivity contribution in [3.8, 4) is 11.1 Å². The first-order valence-electron chi connectivity index (χ1n) is 11.1. The molecule has 2 aromatic carbocycles. The maximum absolute atomic E-state index is 12.7. The number of carboxylic acid groups (broad SMARTS) is 1. The Morgan fingerprint density at radius 3 is 2.27 bits per heavy atom. The molecule has 2 aliphatic rings. The van der Waals surface area contributed by atoms with Gasteiger partial charge in [-0.25, -0.2) is 4.79 Å². The van der Waals surface area contributed by atoms with E-state index in [9.17, 15) is 19.5 Å². The third-order valence-corrected chi connectivity index (χ3v) is 6.45. The molecule has 0 bridgehead atoms. The quantitative estimate of drug-likeness (QED) is 0.568. The fourth-order valence-electron chi connectivity index (χ4n) is 4.84. The second-order valence-electron chi connectivity index (χ2n) is 8.47. The highest BCUT2D eigenvalue weighted by atomic mass is 16.5. The first kappa shape index (κ1) is 22.8. The average Bonchev–Trinajstić information content (AvgIpc) is 3.40. The van der Waals surface area contributed by atoms with Gasteiger partial charge in [0, 0.05) is 19.1 Å². The van der Waals surface area contributed by atoms with E-state index in [1.165, 1.54) is 7.11 Å². The summed E-state index contributed by atoms with van der Waals surface area (Å²) in [5, 5.41) is 14.6. The van der Waals surface area contributed by atoms with E-state index in [0.717, 1.165) is 28.7 Å². The molecule has 174 valence electrons. The minimum atomic E-state index is -0.985. The lowest BCUT2D eigenvalue weighted by Gasteiger charge is -2.23. The summed E-state index contributed by atoms with van der Waals surface area (Å²) in [5.41, 5.74) is 4.45. The Balaban J connectivity index is 1.38. The number of hydrogen-bond acceptors (Lipinski definition) is 5. The molecule has 33 heavy (non-hydrogen) atoms. The number of rotatable bonds is 8. The van der Waals surface area contributed by atoms with E-state index in [2.05, 4.69) is 22.8 Å². The molecule has 0 aromatic heterocycles. The van der Waals surface area contributed by atoms with Gasteiger partial charge in [0.1, 0.15) is 12.6 Å². The zero-order valence-corrected chi connectivity index (χ0v) is 18.5. The fourth-order valence-corrected chi connectivity index (χ4v) is 4.84. The molecule has 3 atom stereocenters. The average molecular weight is 453 g/mol. The van der Waals surface area contributed by atoms with Crippen LogP contribution in [-0.4, -0.2) is 55.5 Å². The second kappa shape index (κ2) is 10.0. The lowest BCUT2D eigenvalue weighted by Crippen LogP contribution is -2.53. The summed E-state index contributed by atoms with van der Waals surface area (Å²) < 4.78 is 10.6. The van der Waals surface area contributed by atoms with Crippen LogP contribution in [0.25, 0.3) is 11.1 Å². The summed E-state index contributed by atoms with van der Waals surface area (Å²) in [6.07, 6.45) is 1.12. The number of aliphatic carboxylic acids is 1. The minimum absolute atomic E-state index is 0.0551. The van der Waals surface area contributed by atoms with E-state index in [-0.39, 0.29) is 19.1 Å². The van der Waals surface area contributed by atoms with Crippen molar-refractivity contribution in [2.24, 2.45) is 5.92 Å². The molecule has 2 aromatic rings. The van der Waals surface area contributed by atoms with E-state index in [4.69, 9.17) is 9.47 Å². The Morgan fingerprint density at radius 1 is 1.03 bits per heavy atom. The predicted molar refractivity (Wildman–Crippen MR) is 121 cm³/mol. The minimum Gasteiger partial charge on any atom is -0.481 e. The molecule has 4 rings (SSSR count). The van der Waals surface area contributed by atoms with Crippen LogP contribution in [0.5, 0.6) is 0 Å². The Hall–Kier alpha value is -3.39. The molecule has 1 fully saturated rings. The van der Waals surface area contributed by atoms with Crippen LogP contribution in [0.4, 0.5) is 4.79 Å². The highest BCUT2D eigenvalue weighted by molar-refractivity contribution is 5.86. The van der Waals surface area contributed by atoms with Crippen molar-refractivity contribution in [2.45, 2.75) is 37.3 Å². The molecule has 2 amide bonds. The van der Waals surface area contributed by atoms with Crippen molar-refractivity contribution >= 4 is 18.0 Å². The topological polar surface area (TPSA) is 114 Å². The predicted octanol–water partition coefficient (Wildman–Crippen LogP) is 2.91. The summed E-state index contributed by atoms with van der Waals surface area (Å²) in [6.45, 7) is 0.0748. The monoisotopic (exact) mass is 452 g/mol. The highest BCUT2D eigenvalue weighted by Gasteiger charge is 2.36. The Labute approximate surface area is 192 Å². The van der Waals surface area contributed by atoms with Gasteiger partial charge in [0.15, 0.2) is 0 Å². The molecule has 0 radical (unpaired) electrons. The van der Waals surface area contributed by atoms with Gasteiger partial charge in [-0.2, -0.15) is 0 Å². The van der Waals surface area contributed by atoms with Crippen molar-refractivity contribution in [2.75, 3.05) is 20.3 Å². The number of fused-ring (bicyclic) bond motifs is 3. The normalized spacial score (nSPS) is 19.9. The summed E-state index contributed by atoms with van der Waals surface area (Å²) in [4.78, 5) is 36.7. The molecule has 0 aliphatic heterocycles. The summed E-state index contributed by atoms with van der Waals surface area (Å²) in [5.74, 6) is -2.12. The van der Waals surface area contributed by atoms with Crippen LogP contribution in [0.3, 0.4) is 0 Å². The molecule has 8 heteroatoms. The molecule has 2 aliphatic carbocycles. The number of methoxy groups -OCH3 is 1. The van der Waals surface area contributed by atoms with Crippen molar-refractivity contribution in [3.63, 3.8) is 0 Å². The SMILES string of the molecule is COCC(NC(=O)OCC1c2ccccc2-c2ccccc21)C(=O)NC1CCCC1C(=O)O. The van der Waals surface area contributed by atoms with Gasteiger partial charge in [-0.15, -0.1) is 0 Å². The molecular formula is C25H28N2O6. The van der Waals surface area contributed by atoms with E-state index in [0.29, 0.717) is 12.8 Å². The van der Waals surface area contributed by atoms with Gasteiger partial charge in [-0.05, 0) is 35.1 Å². The largest absolute Gasteiger partial charge is 0.481 e. The molecule has 1 saturated carbocycles. The lowest BCUT2D eigenvalue weighted by molar-refractivity contribution is -0.142. The Kier molecular flexibility index (Phi) is 6.93. The van der Waals surface area contributed by atoms with Gasteiger partial charge in [0.05, 0.1) is 12.5 Å². The van der Waals surface area contributed by atoms with Crippen molar-refractivity contribution in [1.82, 2.24) is 10.6 Å². The van der Waals surface area contributed by atoms with E-state index < -0.39 is 36.0 Å². The molecule has 8 nitrogen and oxygen atoms in total. The number of benzene rings is 2. The van der Waals surface area contributed by atoms with Gasteiger partial charge >= 0.3 is 12.1 Å². The number of carboxylic acids is 1. The number of amides is 2. The number of ether oxygens (including phenoxy) is 2. The van der Waals surface area contributed by atoms with Gasteiger partial charge in [-0.3, -0.25) is 9.59 Å². The molecule has 0 heterocycles. The standard InChI is InChI=1S/C25H28N2O6/c1-32-14-22(23(28)26-21-12-6-11-19(21)24(29)30)27-25(31)33-13-20-17-9-4-2-7-15(17)16-8-3-5-10-18(16)20/h2-5,7-10,19-22H,6,11-14H2,1H3,(H,26,28)(H,27,31)(H,29,30). The lowest BCUT2D eigenvalue weighted by atomic mass is 9.98. The molecular weight excluding hydrogens is 424 g/mol. The molecule has 0 saturated heterocycles. The van der Waals surface area contributed by atoms with Crippen LogP contribution < -0.4 is 10.6 Å². The van der Waals surface area contributed by atoms with E-state index in [1.54, 1.807) is 0 Å². The molecule has 0 spiro atoms. The van der Waals surface area contributed by atoms with E-state index in [1.807, 2.05) is 36.4 Å². The Bertz CT molecular complexity index is 994. The maximum atomic E-state index is 12.7. The van der Waals surface area contributed by atoms with E-state index >= 15 is 0 Å². The van der Waals surface area contributed by atoms with Crippen molar-refractivity contribution < 1.29 is 29.0 Å². The van der Waals surface area contributed by atoms with Crippen molar-refractivity contribution in [3.05, 3.63) is 59.7 Å². The maximum Gasteiger partial charge on any atom is 0.407 e. The van der Waals surface area contributed by atoms with Crippen LogP contribution >= 0.6 is 0 Å². The first-order chi connectivity index (χ1) is 16.0. The number of alkyl carbamates (subject to hydrolysis) is 1. The van der Waals surface area contributed by atoms with Gasteiger partial charge in [0.25, 0.3) is 0 Å². The highest BCUT2D eigenvalue weighted by Crippen LogP contribution is 2.44. The van der Waals surface area contributed by atoms with Crippen LogP contribution in [0.1, 0.15) is 36.3 Å². The zero-order chi connectivity index (χ0) is 23.4. The number of hydrogen-bond donors (Lipinski definition) is 3. The third kappa shape index (κ3) is 4.85. The number of carbonyl (C=O) groups excluding carboxylic acids is 2. The summed E-state index contributed by atoms with van der Waals surface area (Å²) in [6, 6.07) is 14.6. The van der Waals surface area contributed by atoms with Crippen LogP contribution in [-0.2, 0) is 19.1 Å². The van der Waals surface area contributed by atoms with Gasteiger partial charge in [-0.1, -0.05) is 55.0 Å². The van der Waals surface area contributed by atoms with Crippen LogP contribution in [0, 0.1) is 5.92 Å². The Morgan fingerprint density at radius 2 is 1.67 bits per heavy atom.